The molecule has 0 radical (unpaired) electrons. The van der Waals surface area contributed by atoms with E-state index in [2.05, 4.69) is 97.3 Å². The van der Waals surface area contributed by atoms with Crippen molar-refractivity contribution in [2.24, 2.45) is 0 Å². The zero-order valence-electron chi connectivity index (χ0n) is 24.9. The molecule has 4 nitrogen and oxygen atoms in total. The Hall–Kier alpha value is -5.09. The molecule has 0 atom stereocenters. The lowest BCUT2D eigenvalue weighted by atomic mass is 9.94. The second-order valence-corrected chi connectivity index (χ2v) is 11.7. The fraction of sp³-hybridized carbons (Fsp3) is 0.175. The molecule has 214 valence electrons. The maximum absolute atomic E-state index is 5.45. The summed E-state index contributed by atoms with van der Waals surface area (Å²) in [7, 11) is 1.70. The van der Waals surface area contributed by atoms with E-state index in [0.717, 1.165) is 78.2 Å². The molecular weight excluding hydrogens is 538 g/mol. The lowest BCUT2D eigenvalue weighted by molar-refractivity contribution is 0.415. The largest absolute Gasteiger partial charge is 0.497 e. The van der Waals surface area contributed by atoms with Crippen LogP contribution in [0.4, 0.5) is 0 Å². The number of ether oxygens (including phenoxy) is 1. The molecule has 6 aromatic rings. The average molecular weight is 572 g/mol. The molecule has 2 aliphatic rings. The van der Waals surface area contributed by atoms with Gasteiger partial charge in [0, 0.05) is 23.5 Å². The van der Waals surface area contributed by atoms with Crippen molar-refractivity contribution in [2.75, 3.05) is 7.11 Å². The van der Waals surface area contributed by atoms with Crippen molar-refractivity contribution in [3.8, 4) is 61.9 Å². The Morgan fingerprint density at radius 3 is 1.45 bits per heavy atom. The predicted molar refractivity (Wildman–Crippen MR) is 178 cm³/mol. The zero-order chi connectivity index (χ0) is 29.5. The summed E-state index contributed by atoms with van der Waals surface area (Å²) < 4.78 is 5.45. The molecule has 3 aromatic heterocycles. The van der Waals surface area contributed by atoms with Gasteiger partial charge in [0.15, 0.2) is 0 Å². The highest BCUT2D eigenvalue weighted by Gasteiger charge is 2.25. The first-order valence-electron chi connectivity index (χ1n) is 15.6. The zero-order valence-corrected chi connectivity index (χ0v) is 24.9. The second kappa shape index (κ2) is 11.2. The van der Waals surface area contributed by atoms with Gasteiger partial charge in [-0.15, -0.1) is 0 Å². The number of nitrogens with zero attached hydrogens (tertiary/aromatic N) is 3. The minimum Gasteiger partial charge on any atom is -0.497 e. The Balaban J connectivity index is 1.31. The van der Waals surface area contributed by atoms with E-state index in [1.54, 1.807) is 7.11 Å². The summed E-state index contributed by atoms with van der Waals surface area (Å²) in [4.78, 5) is 15.6. The molecule has 0 bridgehead atoms. The second-order valence-electron chi connectivity index (χ2n) is 11.7. The van der Waals surface area contributed by atoms with Gasteiger partial charge < -0.3 is 4.74 Å². The first kappa shape index (κ1) is 26.5. The van der Waals surface area contributed by atoms with Gasteiger partial charge in [0.2, 0.25) is 0 Å². The van der Waals surface area contributed by atoms with Crippen LogP contribution in [0.1, 0.15) is 35.1 Å². The summed E-state index contributed by atoms with van der Waals surface area (Å²) >= 11 is 0. The SMILES string of the molecule is COc1ccc(-c2cc(-c3ncc(-c4ccccc4)c4c3CCC4)nc(-c3ncc(-c4ccccc4)c4c3CCC4)c2)cc1. The highest BCUT2D eigenvalue weighted by molar-refractivity contribution is 5.81. The Bertz CT molecular complexity index is 1860. The molecule has 0 saturated heterocycles. The van der Waals surface area contributed by atoms with Crippen LogP contribution in [0.5, 0.6) is 5.75 Å². The normalized spacial score (nSPS) is 13.5. The summed E-state index contributed by atoms with van der Waals surface area (Å²) in [6.45, 7) is 0. The van der Waals surface area contributed by atoms with E-state index < -0.39 is 0 Å². The number of methoxy groups -OCH3 is 1. The van der Waals surface area contributed by atoms with E-state index in [1.165, 1.54) is 44.5 Å². The number of fused-ring (bicyclic) bond motifs is 2. The van der Waals surface area contributed by atoms with Crippen molar-refractivity contribution in [3.05, 3.63) is 132 Å². The van der Waals surface area contributed by atoms with Gasteiger partial charge in [0.1, 0.15) is 5.75 Å². The Morgan fingerprint density at radius 2 is 0.977 bits per heavy atom. The fourth-order valence-corrected chi connectivity index (χ4v) is 7.07. The maximum atomic E-state index is 5.45. The molecule has 2 aliphatic carbocycles. The molecular formula is C40H33N3O. The van der Waals surface area contributed by atoms with E-state index in [0.29, 0.717) is 0 Å². The van der Waals surface area contributed by atoms with E-state index in [4.69, 9.17) is 19.7 Å². The van der Waals surface area contributed by atoms with Crippen molar-refractivity contribution >= 4 is 0 Å². The molecule has 44 heavy (non-hydrogen) atoms. The van der Waals surface area contributed by atoms with Crippen LogP contribution in [0.2, 0.25) is 0 Å². The summed E-state index contributed by atoms with van der Waals surface area (Å²) in [5, 5.41) is 0. The lowest BCUT2D eigenvalue weighted by Gasteiger charge is -2.16. The monoisotopic (exact) mass is 571 g/mol. The standard InChI is InChI=1S/C40H33N3O/c1-44-30-20-18-26(19-21-30)29-22-37(39-33-16-8-14-31(33)35(24-41-39)27-10-4-2-5-11-27)43-38(23-29)40-34-17-9-15-32(34)36(25-42-40)28-12-6-3-7-13-28/h2-7,10-13,18-25H,8-9,14-17H2,1H3. The van der Waals surface area contributed by atoms with Crippen LogP contribution in [-0.2, 0) is 25.7 Å². The summed E-state index contributed by atoms with van der Waals surface area (Å²) in [6, 6.07) is 34.0. The molecule has 8 rings (SSSR count). The summed E-state index contributed by atoms with van der Waals surface area (Å²) in [5.74, 6) is 0.843. The van der Waals surface area contributed by atoms with Crippen LogP contribution >= 0.6 is 0 Å². The van der Waals surface area contributed by atoms with Crippen LogP contribution in [0.25, 0.3) is 56.2 Å². The smallest absolute Gasteiger partial charge is 0.118 e. The fourth-order valence-electron chi connectivity index (χ4n) is 7.07. The van der Waals surface area contributed by atoms with Crippen molar-refractivity contribution in [3.63, 3.8) is 0 Å². The number of rotatable bonds is 6. The number of pyridine rings is 3. The van der Waals surface area contributed by atoms with Crippen molar-refractivity contribution in [1.29, 1.82) is 0 Å². The van der Waals surface area contributed by atoms with Gasteiger partial charge in [0.05, 0.1) is 29.9 Å². The number of hydrogen-bond donors (Lipinski definition) is 0. The Labute approximate surface area is 258 Å². The van der Waals surface area contributed by atoms with E-state index in [1.807, 2.05) is 12.1 Å². The number of hydrogen-bond acceptors (Lipinski definition) is 4. The van der Waals surface area contributed by atoms with E-state index in [9.17, 15) is 0 Å². The van der Waals surface area contributed by atoms with Crippen LogP contribution < -0.4 is 4.74 Å². The maximum Gasteiger partial charge on any atom is 0.118 e. The van der Waals surface area contributed by atoms with Crippen LogP contribution in [0, 0.1) is 0 Å². The lowest BCUT2D eigenvalue weighted by Crippen LogP contribution is -2.02. The highest BCUT2D eigenvalue weighted by Crippen LogP contribution is 2.41. The Kier molecular flexibility index (Phi) is 6.75. The quantitative estimate of drug-likeness (QED) is 0.200. The van der Waals surface area contributed by atoms with Gasteiger partial charge >= 0.3 is 0 Å². The molecule has 3 aromatic carbocycles. The van der Waals surface area contributed by atoms with Gasteiger partial charge in [-0.3, -0.25) is 9.97 Å². The highest BCUT2D eigenvalue weighted by atomic mass is 16.5. The van der Waals surface area contributed by atoms with E-state index in [-0.39, 0.29) is 0 Å². The molecule has 3 heterocycles. The predicted octanol–water partition coefficient (Wildman–Crippen LogP) is 9.19. The molecule has 4 heteroatoms. The molecule has 0 fully saturated rings. The summed E-state index contributed by atoms with van der Waals surface area (Å²) in [5.41, 5.74) is 16.4. The van der Waals surface area contributed by atoms with Gasteiger partial charge in [-0.25, -0.2) is 4.98 Å². The number of aromatic nitrogens is 3. The minimum absolute atomic E-state index is 0.843. The first-order valence-corrected chi connectivity index (χ1v) is 15.6. The van der Waals surface area contributed by atoms with Gasteiger partial charge in [-0.2, -0.15) is 0 Å². The minimum atomic E-state index is 0.843. The topological polar surface area (TPSA) is 47.9 Å². The van der Waals surface area contributed by atoms with Gasteiger partial charge in [0.25, 0.3) is 0 Å². The first-order chi connectivity index (χ1) is 21.8. The number of benzene rings is 3. The summed E-state index contributed by atoms with van der Waals surface area (Å²) in [6.07, 6.45) is 10.5. The van der Waals surface area contributed by atoms with Crippen molar-refractivity contribution < 1.29 is 4.74 Å². The van der Waals surface area contributed by atoms with Gasteiger partial charge in [-0.1, -0.05) is 72.8 Å². The van der Waals surface area contributed by atoms with Crippen molar-refractivity contribution in [1.82, 2.24) is 15.0 Å². The van der Waals surface area contributed by atoms with Gasteiger partial charge in [-0.05, 0) is 107 Å². The molecule has 0 saturated carbocycles. The molecule has 0 spiro atoms. The van der Waals surface area contributed by atoms with E-state index >= 15 is 0 Å². The average Bonchev–Trinajstić information content (AvgIpc) is 3.79. The van der Waals surface area contributed by atoms with Crippen LogP contribution in [0.3, 0.4) is 0 Å². The molecule has 0 amide bonds. The Morgan fingerprint density at radius 1 is 0.500 bits per heavy atom. The van der Waals surface area contributed by atoms with Crippen LogP contribution in [-0.4, -0.2) is 22.1 Å². The molecule has 0 aliphatic heterocycles. The third kappa shape index (κ3) is 4.67. The third-order valence-corrected chi connectivity index (χ3v) is 9.21. The molecule has 0 N–H and O–H groups in total. The van der Waals surface area contributed by atoms with Crippen LogP contribution in [0.15, 0.2) is 109 Å². The third-order valence-electron chi connectivity index (χ3n) is 9.21. The van der Waals surface area contributed by atoms with Crippen molar-refractivity contribution in [2.45, 2.75) is 38.5 Å². The molecule has 0 unspecified atom stereocenters.